The summed E-state index contributed by atoms with van der Waals surface area (Å²) in [4.78, 5) is 0. The monoisotopic (exact) mass is 403 g/mol. The molecule has 1 fully saturated rings. The number of ether oxygens (including phenoxy) is 2. The largest absolute Gasteiger partial charge is 0.497 e. The zero-order chi connectivity index (χ0) is 19.8. The maximum atomic E-state index is 14.7. The lowest BCUT2D eigenvalue weighted by atomic mass is 9.94. The number of aliphatic hydroxyl groups excluding tert-OH is 3. The summed E-state index contributed by atoms with van der Waals surface area (Å²) in [5.41, 5.74) is 2.09. The van der Waals surface area contributed by atoms with Crippen LogP contribution in [0.1, 0.15) is 24.7 Å². The van der Waals surface area contributed by atoms with Crippen LogP contribution in [0.4, 0.5) is 4.39 Å². The van der Waals surface area contributed by atoms with Crippen molar-refractivity contribution in [3.05, 3.63) is 65.6 Å². The molecule has 1 aromatic heterocycles. The number of nitrogens with zero attached hydrogens (tertiary/aromatic N) is 1. The number of hydrogen-bond acceptors (Lipinski definition) is 5. The molecule has 0 amide bonds. The second kappa shape index (κ2) is 8.51. The van der Waals surface area contributed by atoms with Crippen molar-refractivity contribution in [3.8, 4) is 5.75 Å². The third-order valence-electron chi connectivity index (χ3n) is 5.20. The number of fused-ring (bicyclic) bond motifs is 1. The highest BCUT2D eigenvalue weighted by atomic mass is 19.1. The van der Waals surface area contributed by atoms with Gasteiger partial charge < -0.3 is 29.4 Å². The van der Waals surface area contributed by atoms with Gasteiger partial charge in [0, 0.05) is 23.7 Å². The molecule has 0 unspecified atom stereocenters. The summed E-state index contributed by atoms with van der Waals surface area (Å²) < 4.78 is 27.3. The summed E-state index contributed by atoms with van der Waals surface area (Å²) in [6.45, 7) is 0.348. The van der Waals surface area contributed by atoms with E-state index in [2.05, 4.69) is 0 Å². The molecule has 29 heavy (non-hydrogen) atoms. The lowest BCUT2D eigenvalue weighted by molar-refractivity contribution is -0.188. The molecule has 6 nitrogen and oxygen atoms in total. The topological polar surface area (TPSA) is 84.1 Å². The molecule has 0 aliphatic carbocycles. The number of rotatable bonds is 4. The Labute approximate surface area is 168 Å². The first-order chi connectivity index (χ1) is 13.5. The van der Waals surface area contributed by atoms with Crippen LogP contribution in [0.3, 0.4) is 0 Å². The summed E-state index contributed by atoms with van der Waals surface area (Å²) in [6, 6.07) is 12.3. The van der Waals surface area contributed by atoms with E-state index in [4.69, 9.17) is 9.47 Å². The van der Waals surface area contributed by atoms with Crippen molar-refractivity contribution in [3.63, 3.8) is 0 Å². The maximum Gasteiger partial charge on any atom is 0.132 e. The van der Waals surface area contributed by atoms with Crippen LogP contribution in [0.2, 0.25) is 0 Å². The molecule has 3 aromatic rings. The molecule has 7 heteroatoms. The first kappa shape index (κ1) is 21.3. The summed E-state index contributed by atoms with van der Waals surface area (Å²) in [6.07, 6.45) is -3.09. The first-order valence-electron chi connectivity index (χ1n) is 9.05. The molecule has 0 bridgehead atoms. The van der Waals surface area contributed by atoms with Crippen molar-refractivity contribution >= 4 is 10.9 Å². The predicted molar refractivity (Wildman–Crippen MR) is 107 cm³/mol. The molecule has 0 spiro atoms. The van der Waals surface area contributed by atoms with E-state index in [9.17, 15) is 19.7 Å². The minimum Gasteiger partial charge on any atom is -0.497 e. The minimum absolute atomic E-state index is 0. The number of aromatic nitrogens is 1. The van der Waals surface area contributed by atoms with E-state index in [1.165, 1.54) is 6.07 Å². The Balaban J connectivity index is 0.00000240. The summed E-state index contributed by atoms with van der Waals surface area (Å²) >= 11 is 0. The molecule has 4 atom stereocenters. The molecule has 1 saturated heterocycles. The fraction of sp³-hybridized carbons (Fsp3) is 0.364. The summed E-state index contributed by atoms with van der Waals surface area (Å²) in [7, 11) is 1.60. The lowest BCUT2D eigenvalue weighted by Gasteiger charge is -2.35. The molecule has 1 aliphatic heterocycles. The van der Waals surface area contributed by atoms with Gasteiger partial charge in [0.1, 0.15) is 36.0 Å². The van der Waals surface area contributed by atoms with Crippen molar-refractivity contribution in [2.75, 3.05) is 13.7 Å². The summed E-state index contributed by atoms with van der Waals surface area (Å²) in [5.74, 6) is 0.316. The average Bonchev–Trinajstić information content (AvgIpc) is 3.06. The second-order valence-corrected chi connectivity index (χ2v) is 7.00. The van der Waals surface area contributed by atoms with Crippen LogP contribution in [0.15, 0.2) is 48.7 Å². The van der Waals surface area contributed by atoms with E-state index in [0.29, 0.717) is 23.0 Å². The van der Waals surface area contributed by atoms with Gasteiger partial charge in [-0.3, -0.25) is 0 Å². The van der Waals surface area contributed by atoms with Crippen molar-refractivity contribution in [1.29, 1.82) is 0 Å². The van der Waals surface area contributed by atoms with Crippen LogP contribution < -0.4 is 4.74 Å². The quantitative estimate of drug-likeness (QED) is 0.624. The second-order valence-electron chi connectivity index (χ2n) is 7.00. The highest BCUT2D eigenvalue weighted by molar-refractivity contribution is 5.85. The van der Waals surface area contributed by atoms with Crippen molar-refractivity contribution in [2.24, 2.45) is 0 Å². The van der Waals surface area contributed by atoms with E-state index in [-0.39, 0.29) is 14.0 Å². The molecular formula is C22H26FNO5. The molecular weight excluding hydrogens is 377 g/mol. The van der Waals surface area contributed by atoms with E-state index in [1.807, 2.05) is 28.8 Å². The number of methoxy groups -OCH3 is 1. The zero-order valence-electron chi connectivity index (χ0n) is 15.3. The van der Waals surface area contributed by atoms with Gasteiger partial charge in [-0.1, -0.05) is 25.6 Å². The minimum atomic E-state index is -1.36. The third kappa shape index (κ3) is 3.86. The normalized spacial score (nSPS) is 24.3. The molecule has 0 saturated carbocycles. The van der Waals surface area contributed by atoms with E-state index in [0.717, 1.165) is 11.3 Å². The van der Waals surface area contributed by atoms with Gasteiger partial charge in [0.15, 0.2) is 0 Å². The van der Waals surface area contributed by atoms with Gasteiger partial charge in [-0.15, -0.1) is 0 Å². The maximum absolute atomic E-state index is 14.7. The van der Waals surface area contributed by atoms with Gasteiger partial charge >= 0.3 is 0 Å². The van der Waals surface area contributed by atoms with Gasteiger partial charge in [0.25, 0.3) is 0 Å². The van der Waals surface area contributed by atoms with Gasteiger partial charge in [-0.25, -0.2) is 4.39 Å². The molecule has 4 rings (SSSR count). The summed E-state index contributed by atoms with van der Waals surface area (Å²) in [5, 5.41) is 30.4. The van der Waals surface area contributed by atoms with Crippen LogP contribution in [-0.4, -0.2) is 51.9 Å². The van der Waals surface area contributed by atoms with Gasteiger partial charge in [-0.2, -0.15) is 0 Å². The Morgan fingerprint density at radius 2 is 1.83 bits per heavy atom. The SMILES string of the molecule is C.COc1ccc(Cn2cc([C@@H]3OC[C@@H](O)[C@H](O)[C@H]3O)c3c(F)cccc32)cc1. The molecule has 1 aliphatic rings. The van der Waals surface area contributed by atoms with Crippen LogP contribution in [0.25, 0.3) is 10.9 Å². The zero-order valence-corrected chi connectivity index (χ0v) is 15.3. The van der Waals surface area contributed by atoms with Crippen LogP contribution in [-0.2, 0) is 11.3 Å². The Kier molecular flexibility index (Phi) is 6.24. The average molecular weight is 403 g/mol. The van der Waals surface area contributed by atoms with E-state index >= 15 is 0 Å². The lowest BCUT2D eigenvalue weighted by Crippen LogP contribution is -2.49. The number of benzene rings is 2. The van der Waals surface area contributed by atoms with Crippen LogP contribution in [0.5, 0.6) is 5.75 Å². The molecule has 3 N–H and O–H groups in total. The Morgan fingerprint density at radius 3 is 2.52 bits per heavy atom. The smallest absolute Gasteiger partial charge is 0.132 e. The van der Waals surface area contributed by atoms with E-state index < -0.39 is 30.2 Å². The van der Waals surface area contributed by atoms with Crippen LogP contribution in [0, 0.1) is 5.82 Å². The Bertz CT molecular complexity index is 971. The fourth-order valence-corrected chi connectivity index (χ4v) is 3.69. The highest BCUT2D eigenvalue weighted by Crippen LogP contribution is 2.36. The molecule has 2 heterocycles. The number of aliphatic hydroxyl groups is 3. The highest BCUT2D eigenvalue weighted by Gasteiger charge is 2.39. The standard InChI is InChI=1S/C21H22FNO5.CH4/c1-27-13-7-5-12(6-8-13)9-23-10-14(18-15(22)3-2-4-16(18)23)21-20(26)19(25)17(24)11-28-21;/h2-8,10,17,19-21,24-26H,9,11H2,1H3;1H4/t17-,19+,20-,21+;/m1./s1. The van der Waals surface area contributed by atoms with Gasteiger partial charge in [-0.05, 0) is 29.8 Å². The van der Waals surface area contributed by atoms with Crippen LogP contribution >= 0.6 is 0 Å². The fourth-order valence-electron chi connectivity index (χ4n) is 3.69. The number of hydrogen-bond donors (Lipinski definition) is 3. The van der Waals surface area contributed by atoms with Crippen molar-refractivity contribution < 1.29 is 29.2 Å². The van der Waals surface area contributed by atoms with Crippen molar-refractivity contribution in [1.82, 2.24) is 4.57 Å². The predicted octanol–water partition coefficient (Wildman–Crippen LogP) is 2.63. The molecule has 0 radical (unpaired) electrons. The Hall–Kier alpha value is -2.45. The first-order valence-corrected chi connectivity index (χ1v) is 9.05. The van der Waals surface area contributed by atoms with Gasteiger partial charge in [0.2, 0.25) is 0 Å². The van der Waals surface area contributed by atoms with Gasteiger partial charge in [0.05, 0.1) is 19.2 Å². The van der Waals surface area contributed by atoms with Crippen molar-refractivity contribution in [2.45, 2.75) is 38.4 Å². The number of halogens is 1. The molecule has 156 valence electrons. The third-order valence-corrected chi connectivity index (χ3v) is 5.20. The van der Waals surface area contributed by atoms with E-state index in [1.54, 1.807) is 25.4 Å². The molecule has 2 aromatic carbocycles. The Morgan fingerprint density at radius 1 is 1.10 bits per heavy atom.